The predicted molar refractivity (Wildman–Crippen MR) is 86.9 cm³/mol. The third-order valence-electron chi connectivity index (χ3n) is 3.41. The Morgan fingerprint density at radius 3 is 2.55 bits per heavy atom. The molecule has 0 radical (unpaired) electrons. The van der Waals surface area contributed by atoms with Crippen molar-refractivity contribution < 1.29 is 14.3 Å². The molecular formula is C15H20BrN3O3. The van der Waals surface area contributed by atoms with Crippen molar-refractivity contribution in [1.82, 2.24) is 15.1 Å². The van der Waals surface area contributed by atoms with E-state index in [-0.39, 0.29) is 18.5 Å². The van der Waals surface area contributed by atoms with Crippen molar-refractivity contribution in [3.8, 4) is 5.75 Å². The predicted octanol–water partition coefficient (Wildman–Crippen LogP) is 1.70. The van der Waals surface area contributed by atoms with Crippen LogP contribution in [0.4, 0.5) is 4.79 Å². The minimum absolute atomic E-state index is 0.0115. The highest BCUT2D eigenvalue weighted by atomic mass is 79.9. The minimum atomic E-state index is -0.0695. The lowest BCUT2D eigenvalue weighted by Gasteiger charge is -2.34. The van der Waals surface area contributed by atoms with Gasteiger partial charge in [-0.15, -0.1) is 0 Å². The van der Waals surface area contributed by atoms with Crippen molar-refractivity contribution in [3.63, 3.8) is 0 Å². The van der Waals surface area contributed by atoms with E-state index in [1.165, 1.54) is 0 Å². The Morgan fingerprint density at radius 1 is 1.23 bits per heavy atom. The van der Waals surface area contributed by atoms with E-state index in [9.17, 15) is 9.59 Å². The van der Waals surface area contributed by atoms with Gasteiger partial charge in [0, 0.05) is 37.2 Å². The smallest absolute Gasteiger partial charge is 0.317 e. The monoisotopic (exact) mass is 369 g/mol. The van der Waals surface area contributed by atoms with Gasteiger partial charge in [0.2, 0.25) is 0 Å². The number of hydrogen-bond acceptors (Lipinski definition) is 3. The number of ether oxygens (including phenoxy) is 1. The molecule has 0 aromatic heterocycles. The molecule has 0 aliphatic carbocycles. The molecule has 2 rings (SSSR count). The Morgan fingerprint density at radius 2 is 1.91 bits per heavy atom. The first-order chi connectivity index (χ1) is 10.6. The molecule has 1 fully saturated rings. The van der Waals surface area contributed by atoms with Crippen LogP contribution in [0.15, 0.2) is 28.7 Å². The molecule has 0 spiro atoms. The van der Waals surface area contributed by atoms with Gasteiger partial charge in [-0.2, -0.15) is 0 Å². The van der Waals surface area contributed by atoms with Crippen molar-refractivity contribution in [2.24, 2.45) is 0 Å². The molecule has 1 aromatic carbocycles. The molecule has 120 valence electrons. The number of carbonyl (C=O) groups is 2. The normalized spacial score (nSPS) is 14.6. The van der Waals surface area contributed by atoms with E-state index in [0.29, 0.717) is 38.5 Å². The van der Waals surface area contributed by atoms with Crippen LogP contribution in [-0.2, 0) is 4.79 Å². The summed E-state index contributed by atoms with van der Waals surface area (Å²) in [6, 6.07) is 7.32. The van der Waals surface area contributed by atoms with E-state index in [4.69, 9.17) is 4.74 Å². The molecule has 7 heteroatoms. The van der Waals surface area contributed by atoms with Crippen molar-refractivity contribution in [3.05, 3.63) is 28.7 Å². The number of piperazine rings is 1. The second kappa shape index (κ2) is 8.03. The molecule has 22 heavy (non-hydrogen) atoms. The molecular weight excluding hydrogens is 350 g/mol. The SMILES string of the molecule is CCNC(=O)N1CCN(C(=O)COc2cccc(Br)c2)CC1. The number of benzene rings is 1. The van der Waals surface area contributed by atoms with Crippen LogP contribution >= 0.6 is 15.9 Å². The Kier molecular flexibility index (Phi) is 6.06. The fraction of sp³-hybridized carbons (Fsp3) is 0.467. The molecule has 1 saturated heterocycles. The van der Waals surface area contributed by atoms with E-state index in [1.54, 1.807) is 9.80 Å². The van der Waals surface area contributed by atoms with E-state index < -0.39 is 0 Å². The minimum Gasteiger partial charge on any atom is -0.484 e. The molecule has 6 nitrogen and oxygen atoms in total. The maximum absolute atomic E-state index is 12.1. The van der Waals surface area contributed by atoms with Crippen molar-refractivity contribution in [2.75, 3.05) is 39.3 Å². The van der Waals surface area contributed by atoms with Crippen LogP contribution < -0.4 is 10.1 Å². The summed E-state index contributed by atoms with van der Waals surface area (Å²) in [7, 11) is 0. The Hall–Kier alpha value is -1.76. The number of carbonyl (C=O) groups excluding carboxylic acids is 2. The molecule has 1 aliphatic rings. The van der Waals surface area contributed by atoms with E-state index in [1.807, 2.05) is 31.2 Å². The fourth-order valence-electron chi connectivity index (χ4n) is 2.22. The van der Waals surface area contributed by atoms with Gasteiger partial charge in [-0.25, -0.2) is 4.79 Å². The zero-order chi connectivity index (χ0) is 15.9. The molecule has 0 atom stereocenters. The Bertz CT molecular complexity index is 531. The average Bonchev–Trinajstić information content (AvgIpc) is 2.53. The van der Waals surface area contributed by atoms with Gasteiger partial charge in [0.15, 0.2) is 6.61 Å². The summed E-state index contributed by atoms with van der Waals surface area (Å²) < 4.78 is 6.41. The van der Waals surface area contributed by atoms with Gasteiger partial charge in [-0.1, -0.05) is 22.0 Å². The Labute approximate surface area is 138 Å². The van der Waals surface area contributed by atoms with Gasteiger partial charge < -0.3 is 19.9 Å². The van der Waals surface area contributed by atoms with E-state index in [0.717, 1.165) is 4.47 Å². The zero-order valence-electron chi connectivity index (χ0n) is 12.5. The van der Waals surface area contributed by atoms with Crippen LogP contribution in [0.25, 0.3) is 0 Å². The number of nitrogens with zero attached hydrogens (tertiary/aromatic N) is 2. The summed E-state index contributed by atoms with van der Waals surface area (Å²) >= 11 is 3.36. The summed E-state index contributed by atoms with van der Waals surface area (Å²) in [6.45, 7) is 4.69. The molecule has 0 saturated carbocycles. The lowest BCUT2D eigenvalue weighted by Crippen LogP contribution is -2.53. The van der Waals surface area contributed by atoms with Crippen molar-refractivity contribution in [2.45, 2.75) is 6.92 Å². The standard InChI is InChI=1S/C15H20BrN3O3/c1-2-17-15(21)19-8-6-18(7-9-19)14(20)11-22-13-5-3-4-12(16)10-13/h3-5,10H,2,6-9,11H2,1H3,(H,17,21). The first-order valence-electron chi connectivity index (χ1n) is 7.29. The van der Waals surface area contributed by atoms with Gasteiger partial charge in [-0.05, 0) is 25.1 Å². The first-order valence-corrected chi connectivity index (χ1v) is 8.08. The number of rotatable bonds is 4. The lowest BCUT2D eigenvalue weighted by atomic mass is 10.3. The van der Waals surface area contributed by atoms with Crippen LogP contribution in [-0.4, -0.2) is 61.1 Å². The molecule has 1 aromatic rings. The first kappa shape index (κ1) is 16.6. The molecule has 3 amide bonds. The van der Waals surface area contributed by atoms with Crippen molar-refractivity contribution in [1.29, 1.82) is 0 Å². The van der Waals surface area contributed by atoms with Gasteiger partial charge in [0.05, 0.1) is 0 Å². The summed E-state index contributed by atoms with van der Waals surface area (Å²) in [5, 5.41) is 2.77. The zero-order valence-corrected chi connectivity index (χ0v) is 14.1. The van der Waals surface area contributed by atoms with E-state index >= 15 is 0 Å². The third kappa shape index (κ3) is 4.62. The molecule has 1 heterocycles. The fourth-order valence-corrected chi connectivity index (χ4v) is 2.59. The van der Waals surface area contributed by atoms with Crippen molar-refractivity contribution >= 4 is 27.9 Å². The summed E-state index contributed by atoms with van der Waals surface area (Å²) in [5.74, 6) is 0.596. The largest absolute Gasteiger partial charge is 0.484 e. The quantitative estimate of drug-likeness (QED) is 0.878. The second-order valence-electron chi connectivity index (χ2n) is 4.95. The highest BCUT2D eigenvalue weighted by molar-refractivity contribution is 9.10. The van der Waals surface area contributed by atoms with E-state index in [2.05, 4.69) is 21.2 Å². The van der Waals surface area contributed by atoms with Gasteiger partial charge in [0.25, 0.3) is 5.91 Å². The number of nitrogens with one attached hydrogen (secondary N) is 1. The average molecular weight is 370 g/mol. The Balaban J connectivity index is 1.76. The summed E-state index contributed by atoms with van der Waals surface area (Å²) in [4.78, 5) is 27.3. The highest BCUT2D eigenvalue weighted by Gasteiger charge is 2.23. The van der Waals surface area contributed by atoms with Crippen LogP contribution in [0.2, 0.25) is 0 Å². The summed E-state index contributed by atoms with van der Waals surface area (Å²) in [6.07, 6.45) is 0. The third-order valence-corrected chi connectivity index (χ3v) is 3.90. The van der Waals surface area contributed by atoms with Crippen LogP contribution in [0.3, 0.4) is 0 Å². The maximum atomic E-state index is 12.1. The highest BCUT2D eigenvalue weighted by Crippen LogP contribution is 2.17. The molecule has 0 unspecified atom stereocenters. The van der Waals surface area contributed by atoms with Gasteiger partial charge >= 0.3 is 6.03 Å². The summed E-state index contributed by atoms with van der Waals surface area (Å²) in [5.41, 5.74) is 0. The number of hydrogen-bond donors (Lipinski definition) is 1. The maximum Gasteiger partial charge on any atom is 0.317 e. The molecule has 1 N–H and O–H groups in total. The van der Waals surface area contributed by atoms with Gasteiger partial charge in [0.1, 0.15) is 5.75 Å². The topological polar surface area (TPSA) is 61.9 Å². The molecule has 0 bridgehead atoms. The van der Waals surface area contributed by atoms with Gasteiger partial charge in [-0.3, -0.25) is 4.79 Å². The second-order valence-corrected chi connectivity index (χ2v) is 5.87. The van der Waals surface area contributed by atoms with Crippen LogP contribution in [0.1, 0.15) is 6.92 Å². The van der Waals surface area contributed by atoms with Crippen LogP contribution in [0, 0.1) is 0 Å². The molecule has 1 aliphatic heterocycles. The number of halogens is 1. The van der Waals surface area contributed by atoms with Crippen LogP contribution in [0.5, 0.6) is 5.75 Å². The lowest BCUT2D eigenvalue weighted by molar-refractivity contribution is -0.134. The number of urea groups is 1. The number of amides is 3.